The van der Waals surface area contributed by atoms with Crippen molar-refractivity contribution in [3.63, 3.8) is 0 Å². The molecule has 0 aromatic heterocycles. The third-order valence-electron chi connectivity index (χ3n) is 4.86. The van der Waals surface area contributed by atoms with Gasteiger partial charge in [-0.2, -0.15) is 0 Å². The van der Waals surface area contributed by atoms with Gasteiger partial charge in [0.05, 0.1) is 5.56 Å². The normalized spacial score (nSPS) is 14.2. The first-order valence-corrected chi connectivity index (χ1v) is 9.93. The van der Waals surface area contributed by atoms with Gasteiger partial charge in [0.15, 0.2) is 5.76 Å². The molecule has 0 bridgehead atoms. The summed E-state index contributed by atoms with van der Waals surface area (Å²) in [5, 5.41) is 0.691. The summed E-state index contributed by atoms with van der Waals surface area (Å²) < 4.78 is 11.7. The van der Waals surface area contributed by atoms with Crippen LogP contribution in [-0.2, 0) is 6.61 Å². The van der Waals surface area contributed by atoms with Crippen LogP contribution in [-0.4, -0.2) is 5.78 Å². The molecule has 0 saturated heterocycles. The second-order valence-corrected chi connectivity index (χ2v) is 7.77. The molecule has 1 aliphatic heterocycles. The van der Waals surface area contributed by atoms with E-state index in [9.17, 15) is 4.79 Å². The van der Waals surface area contributed by atoms with Crippen LogP contribution in [0.25, 0.3) is 6.08 Å². The first kappa shape index (κ1) is 19.3. The summed E-state index contributed by atoms with van der Waals surface area (Å²) in [6.07, 6.45) is 1.78. The lowest BCUT2D eigenvalue weighted by atomic mass is 10.0. The Kier molecular flexibility index (Phi) is 5.41. The molecule has 0 atom stereocenters. The summed E-state index contributed by atoms with van der Waals surface area (Å²) >= 11 is 5.90. The van der Waals surface area contributed by atoms with E-state index in [1.165, 1.54) is 5.56 Å². The molecule has 0 N–H and O–H groups in total. The number of ketones is 1. The number of hydrogen-bond donors (Lipinski definition) is 0. The highest BCUT2D eigenvalue weighted by atomic mass is 35.5. The second-order valence-electron chi connectivity index (χ2n) is 7.33. The van der Waals surface area contributed by atoms with E-state index in [0.29, 0.717) is 40.4 Å². The van der Waals surface area contributed by atoms with Crippen LogP contribution >= 0.6 is 11.6 Å². The Balaban J connectivity index is 1.48. The summed E-state index contributed by atoms with van der Waals surface area (Å²) in [6, 6.07) is 20.9. The SMILES string of the molecule is CC(C)c1ccc(C=C2Oc3cc(OCc4ccc(Cl)cc4)ccc3C2=O)cc1. The lowest BCUT2D eigenvalue weighted by Crippen LogP contribution is -1.98. The minimum Gasteiger partial charge on any atom is -0.489 e. The molecule has 0 aliphatic carbocycles. The van der Waals surface area contributed by atoms with Crippen molar-refractivity contribution in [3.8, 4) is 11.5 Å². The zero-order valence-electron chi connectivity index (χ0n) is 16.3. The molecule has 29 heavy (non-hydrogen) atoms. The summed E-state index contributed by atoms with van der Waals surface area (Å²) in [5.74, 6) is 1.85. The fourth-order valence-electron chi connectivity index (χ4n) is 3.13. The number of carbonyl (C=O) groups excluding carboxylic acids is 1. The predicted octanol–water partition coefficient (Wildman–Crippen LogP) is 6.66. The molecule has 3 aromatic rings. The van der Waals surface area contributed by atoms with E-state index >= 15 is 0 Å². The number of benzene rings is 3. The molecule has 0 unspecified atom stereocenters. The van der Waals surface area contributed by atoms with Crippen LogP contribution in [0.15, 0.2) is 72.5 Å². The van der Waals surface area contributed by atoms with Gasteiger partial charge >= 0.3 is 0 Å². The molecule has 0 saturated carbocycles. The Morgan fingerprint density at radius 2 is 1.72 bits per heavy atom. The van der Waals surface area contributed by atoms with Gasteiger partial charge in [-0.1, -0.05) is 61.8 Å². The van der Waals surface area contributed by atoms with Crippen LogP contribution < -0.4 is 9.47 Å². The number of Topliss-reactive ketones (excluding diaryl/α,β-unsaturated/α-hetero) is 1. The molecule has 0 spiro atoms. The molecule has 0 radical (unpaired) electrons. The zero-order valence-corrected chi connectivity index (χ0v) is 17.1. The highest BCUT2D eigenvalue weighted by Crippen LogP contribution is 2.35. The zero-order chi connectivity index (χ0) is 20.4. The third kappa shape index (κ3) is 4.36. The molecule has 4 heteroatoms. The minimum absolute atomic E-state index is 0.114. The summed E-state index contributed by atoms with van der Waals surface area (Å²) in [7, 11) is 0. The number of halogens is 1. The van der Waals surface area contributed by atoms with E-state index in [1.54, 1.807) is 24.3 Å². The molecular formula is C25H21ClO3. The molecule has 0 amide bonds. The van der Waals surface area contributed by atoms with Gasteiger partial charge in [0.25, 0.3) is 0 Å². The minimum atomic E-state index is -0.114. The van der Waals surface area contributed by atoms with E-state index in [1.807, 2.05) is 36.4 Å². The summed E-state index contributed by atoms with van der Waals surface area (Å²) in [5.41, 5.74) is 3.76. The molecular weight excluding hydrogens is 384 g/mol. The summed E-state index contributed by atoms with van der Waals surface area (Å²) in [4.78, 5) is 12.7. The summed E-state index contributed by atoms with van der Waals surface area (Å²) in [6.45, 7) is 4.72. The molecule has 1 heterocycles. The van der Waals surface area contributed by atoms with Gasteiger partial charge < -0.3 is 9.47 Å². The van der Waals surface area contributed by atoms with Crippen molar-refractivity contribution >= 4 is 23.5 Å². The molecule has 146 valence electrons. The first-order chi connectivity index (χ1) is 14.0. The van der Waals surface area contributed by atoms with E-state index < -0.39 is 0 Å². The average Bonchev–Trinajstić information content (AvgIpc) is 3.03. The molecule has 4 rings (SSSR count). The molecule has 3 nitrogen and oxygen atoms in total. The smallest absolute Gasteiger partial charge is 0.231 e. The monoisotopic (exact) mass is 404 g/mol. The third-order valence-corrected chi connectivity index (χ3v) is 5.11. The van der Waals surface area contributed by atoms with E-state index in [-0.39, 0.29) is 5.78 Å². The van der Waals surface area contributed by atoms with E-state index in [2.05, 4.69) is 26.0 Å². The maximum atomic E-state index is 12.7. The van der Waals surface area contributed by atoms with E-state index in [4.69, 9.17) is 21.1 Å². The fraction of sp³-hybridized carbons (Fsp3) is 0.160. The van der Waals surface area contributed by atoms with Crippen molar-refractivity contribution in [1.29, 1.82) is 0 Å². The highest BCUT2D eigenvalue weighted by molar-refractivity contribution is 6.30. The van der Waals surface area contributed by atoms with Crippen LogP contribution in [0.4, 0.5) is 0 Å². The largest absolute Gasteiger partial charge is 0.489 e. The Hall–Kier alpha value is -3.04. The van der Waals surface area contributed by atoms with Crippen molar-refractivity contribution < 1.29 is 14.3 Å². The number of allylic oxidation sites excluding steroid dienone is 1. The number of ether oxygens (including phenoxy) is 2. The number of rotatable bonds is 5. The highest BCUT2D eigenvalue weighted by Gasteiger charge is 2.27. The quantitative estimate of drug-likeness (QED) is 0.446. The topological polar surface area (TPSA) is 35.5 Å². The number of hydrogen-bond acceptors (Lipinski definition) is 3. The first-order valence-electron chi connectivity index (χ1n) is 9.55. The maximum Gasteiger partial charge on any atom is 0.231 e. The maximum absolute atomic E-state index is 12.7. The average molecular weight is 405 g/mol. The van der Waals surface area contributed by atoms with Crippen LogP contribution in [0.3, 0.4) is 0 Å². The van der Waals surface area contributed by atoms with Gasteiger partial charge in [-0.15, -0.1) is 0 Å². The molecule has 3 aromatic carbocycles. The van der Waals surface area contributed by atoms with Gasteiger partial charge in [0, 0.05) is 11.1 Å². The Labute approximate surface area is 175 Å². The second kappa shape index (κ2) is 8.14. The molecule has 0 fully saturated rings. The Morgan fingerprint density at radius 1 is 1.00 bits per heavy atom. The lowest BCUT2D eigenvalue weighted by Gasteiger charge is -2.07. The van der Waals surface area contributed by atoms with Gasteiger partial charge in [0.2, 0.25) is 5.78 Å². The van der Waals surface area contributed by atoms with Crippen LogP contribution in [0.2, 0.25) is 5.02 Å². The lowest BCUT2D eigenvalue weighted by molar-refractivity contribution is 0.101. The van der Waals surface area contributed by atoms with Gasteiger partial charge in [-0.3, -0.25) is 4.79 Å². The fourth-order valence-corrected chi connectivity index (χ4v) is 3.26. The van der Waals surface area contributed by atoms with Crippen molar-refractivity contribution in [3.05, 3.63) is 99.8 Å². The van der Waals surface area contributed by atoms with Crippen LogP contribution in [0, 0.1) is 0 Å². The predicted molar refractivity (Wildman–Crippen MR) is 116 cm³/mol. The van der Waals surface area contributed by atoms with Gasteiger partial charge in [0.1, 0.15) is 18.1 Å². The Morgan fingerprint density at radius 3 is 2.41 bits per heavy atom. The van der Waals surface area contributed by atoms with Crippen molar-refractivity contribution in [2.24, 2.45) is 0 Å². The van der Waals surface area contributed by atoms with Crippen LogP contribution in [0.5, 0.6) is 11.5 Å². The number of fused-ring (bicyclic) bond motifs is 1. The van der Waals surface area contributed by atoms with Crippen molar-refractivity contribution in [2.75, 3.05) is 0 Å². The van der Waals surface area contributed by atoms with Gasteiger partial charge in [-0.25, -0.2) is 0 Å². The van der Waals surface area contributed by atoms with Crippen LogP contribution in [0.1, 0.15) is 46.8 Å². The van der Waals surface area contributed by atoms with Crippen molar-refractivity contribution in [1.82, 2.24) is 0 Å². The van der Waals surface area contributed by atoms with Gasteiger partial charge in [-0.05, 0) is 52.9 Å². The standard InChI is InChI=1S/C25H21ClO3/c1-16(2)19-7-3-17(4-8-19)13-24-25(27)22-12-11-21(14-23(22)29-24)28-15-18-5-9-20(26)10-6-18/h3-14,16H,15H2,1-2H3. The van der Waals surface area contributed by atoms with Crippen molar-refractivity contribution in [2.45, 2.75) is 26.4 Å². The molecule has 1 aliphatic rings. The van der Waals surface area contributed by atoms with E-state index in [0.717, 1.165) is 11.1 Å². The Bertz CT molecular complexity index is 1060. The number of carbonyl (C=O) groups is 1.